The second-order valence-corrected chi connectivity index (χ2v) is 7.74. The standard InChI is InChI=1S/C22H13ClFN5OS/c23-16-5-9-18(10-6-16)29-11-1-2-19(29)12-15(13-25)20(30)26-22-28-27-21(31-22)14-3-7-17(24)8-4-14/h1-12H,(H,26,28,30)/b15-12-. The third-order valence-corrected chi connectivity index (χ3v) is 5.42. The third-order valence-electron chi connectivity index (χ3n) is 4.28. The SMILES string of the molecule is N#C/C(=C/c1cccn1-c1ccc(Cl)cc1)C(=O)Nc1nnc(-c2ccc(F)cc2)s1. The summed E-state index contributed by atoms with van der Waals surface area (Å²) in [6, 6.07) is 18.5. The van der Waals surface area contributed by atoms with Crippen molar-refractivity contribution in [2.75, 3.05) is 5.32 Å². The van der Waals surface area contributed by atoms with E-state index in [9.17, 15) is 14.4 Å². The number of nitriles is 1. The van der Waals surface area contributed by atoms with E-state index in [1.54, 1.807) is 30.3 Å². The average molecular weight is 450 g/mol. The Kier molecular flexibility index (Phi) is 5.89. The summed E-state index contributed by atoms with van der Waals surface area (Å²) in [6.07, 6.45) is 3.31. The monoisotopic (exact) mass is 449 g/mol. The minimum Gasteiger partial charge on any atom is -0.317 e. The van der Waals surface area contributed by atoms with Gasteiger partial charge in [-0.05, 0) is 66.7 Å². The Morgan fingerprint density at radius 3 is 2.58 bits per heavy atom. The molecule has 2 aromatic carbocycles. The highest BCUT2D eigenvalue weighted by molar-refractivity contribution is 7.18. The van der Waals surface area contributed by atoms with Crippen molar-refractivity contribution >= 4 is 40.1 Å². The molecule has 2 aromatic heterocycles. The average Bonchev–Trinajstić information content (AvgIpc) is 3.42. The number of rotatable bonds is 5. The van der Waals surface area contributed by atoms with E-state index in [2.05, 4.69) is 15.5 Å². The molecule has 0 bridgehead atoms. The van der Waals surface area contributed by atoms with E-state index < -0.39 is 5.91 Å². The number of benzene rings is 2. The van der Waals surface area contributed by atoms with Crippen LogP contribution in [0.4, 0.5) is 9.52 Å². The molecule has 4 rings (SSSR count). The molecule has 0 saturated carbocycles. The van der Waals surface area contributed by atoms with Gasteiger partial charge < -0.3 is 4.57 Å². The predicted octanol–water partition coefficient (Wildman–Crippen LogP) is 5.33. The van der Waals surface area contributed by atoms with E-state index in [1.807, 2.05) is 35.0 Å². The maximum atomic E-state index is 13.1. The Morgan fingerprint density at radius 1 is 1.13 bits per heavy atom. The third kappa shape index (κ3) is 4.69. The number of amides is 1. The molecule has 2 heterocycles. The molecule has 0 unspecified atom stereocenters. The van der Waals surface area contributed by atoms with Gasteiger partial charge >= 0.3 is 0 Å². The topological polar surface area (TPSA) is 83.6 Å². The molecule has 1 N–H and O–H groups in total. The number of hydrogen-bond acceptors (Lipinski definition) is 5. The summed E-state index contributed by atoms with van der Waals surface area (Å²) in [5.74, 6) is -0.956. The lowest BCUT2D eigenvalue weighted by Crippen LogP contribution is -2.13. The molecule has 4 aromatic rings. The molecule has 31 heavy (non-hydrogen) atoms. The minimum absolute atomic E-state index is 0.0903. The number of halogens is 2. The fraction of sp³-hybridized carbons (Fsp3) is 0. The minimum atomic E-state index is -0.604. The maximum absolute atomic E-state index is 13.1. The zero-order valence-electron chi connectivity index (χ0n) is 15.8. The molecule has 9 heteroatoms. The lowest BCUT2D eigenvalue weighted by atomic mass is 10.2. The van der Waals surface area contributed by atoms with Crippen molar-refractivity contribution in [2.45, 2.75) is 0 Å². The number of hydrogen-bond donors (Lipinski definition) is 1. The summed E-state index contributed by atoms with van der Waals surface area (Å²) in [5, 5.41) is 21.4. The summed E-state index contributed by atoms with van der Waals surface area (Å²) < 4.78 is 14.9. The van der Waals surface area contributed by atoms with Crippen molar-refractivity contribution in [1.29, 1.82) is 5.26 Å². The summed E-state index contributed by atoms with van der Waals surface area (Å²) in [4.78, 5) is 12.6. The van der Waals surface area contributed by atoms with Gasteiger partial charge in [0, 0.05) is 28.2 Å². The van der Waals surface area contributed by atoms with Gasteiger partial charge in [0.15, 0.2) is 0 Å². The van der Waals surface area contributed by atoms with E-state index in [4.69, 9.17) is 11.6 Å². The highest BCUT2D eigenvalue weighted by atomic mass is 35.5. The van der Waals surface area contributed by atoms with Crippen LogP contribution in [-0.2, 0) is 4.79 Å². The highest BCUT2D eigenvalue weighted by Gasteiger charge is 2.15. The second kappa shape index (κ2) is 8.92. The fourth-order valence-corrected chi connectivity index (χ4v) is 3.66. The second-order valence-electron chi connectivity index (χ2n) is 6.32. The van der Waals surface area contributed by atoms with Gasteiger partial charge in [0.2, 0.25) is 5.13 Å². The van der Waals surface area contributed by atoms with Gasteiger partial charge in [-0.3, -0.25) is 10.1 Å². The van der Waals surface area contributed by atoms with Crippen LogP contribution in [0.15, 0.2) is 72.4 Å². The van der Waals surface area contributed by atoms with Crippen LogP contribution < -0.4 is 5.32 Å². The number of carbonyl (C=O) groups is 1. The molecule has 1 amide bonds. The molecule has 0 fully saturated rings. The van der Waals surface area contributed by atoms with Crippen LogP contribution in [0.1, 0.15) is 5.69 Å². The van der Waals surface area contributed by atoms with Gasteiger partial charge in [-0.15, -0.1) is 10.2 Å². The first-order valence-corrected chi connectivity index (χ1v) is 10.2. The Balaban J connectivity index is 1.54. The molecule has 0 atom stereocenters. The van der Waals surface area contributed by atoms with Gasteiger partial charge in [-0.2, -0.15) is 5.26 Å². The van der Waals surface area contributed by atoms with Gasteiger partial charge in [-0.25, -0.2) is 4.39 Å². The van der Waals surface area contributed by atoms with Gasteiger partial charge in [-0.1, -0.05) is 22.9 Å². The summed E-state index contributed by atoms with van der Waals surface area (Å²) in [6.45, 7) is 0. The molecular formula is C22H13ClFN5OS. The molecular weight excluding hydrogens is 437 g/mol. The van der Waals surface area contributed by atoms with Gasteiger partial charge in [0.25, 0.3) is 5.91 Å². The fourth-order valence-electron chi connectivity index (χ4n) is 2.79. The number of nitrogens with one attached hydrogen (secondary N) is 1. The summed E-state index contributed by atoms with van der Waals surface area (Å²) in [7, 11) is 0. The van der Waals surface area contributed by atoms with Gasteiger partial charge in [0.05, 0.1) is 0 Å². The summed E-state index contributed by atoms with van der Waals surface area (Å²) in [5.41, 5.74) is 2.08. The van der Waals surface area contributed by atoms with Crippen LogP contribution >= 0.6 is 22.9 Å². The van der Waals surface area contributed by atoms with Crippen LogP contribution in [0, 0.1) is 17.1 Å². The van der Waals surface area contributed by atoms with Crippen molar-refractivity contribution in [1.82, 2.24) is 14.8 Å². The quantitative estimate of drug-likeness (QED) is 0.329. The zero-order valence-corrected chi connectivity index (χ0v) is 17.4. The van der Waals surface area contributed by atoms with Crippen molar-refractivity contribution in [3.8, 4) is 22.3 Å². The van der Waals surface area contributed by atoms with E-state index in [0.29, 0.717) is 21.3 Å². The molecule has 0 aliphatic carbocycles. The smallest absolute Gasteiger partial charge is 0.268 e. The van der Waals surface area contributed by atoms with Crippen LogP contribution in [-0.4, -0.2) is 20.7 Å². The van der Waals surface area contributed by atoms with Crippen LogP contribution in [0.25, 0.3) is 22.3 Å². The lowest BCUT2D eigenvalue weighted by molar-refractivity contribution is -0.112. The van der Waals surface area contributed by atoms with Crippen LogP contribution in [0.3, 0.4) is 0 Å². The molecule has 152 valence electrons. The first-order chi connectivity index (χ1) is 15.0. The van der Waals surface area contributed by atoms with E-state index in [0.717, 1.165) is 17.0 Å². The number of aromatic nitrogens is 3. The molecule has 0 aliphatic heterocycles. The Bertz CT molecular complexity index is 1300. The molecule has 0 aliphatic rings. The lowest BCUT2D eigenvalue weighted by Gasteiger charge is -2.07. The first-order valence-electron chi connectivity index (χ1n) is 8.99. The zero-order chi connectivity index (χ0) is 21.8. The summed E-state index contributed by atoms with van der Waals surface area (Å²) >= 11 is 7.07. The largest absolute Gasteiger partial charge is 0.317 e. The van der Waals surface area contributed by atoms with Crippen LogP contribution in [0.2, 0.25) is 5.02 Å². The van der Waals surface area contributed by atoms with Gasteiger partial charge in [0.1, 0.15) is 22.5 Å². The number of carbonyl (C=O) groups excluding carboxylic acids is 1. The van der Waals surface area contributed by atoms with Crippen molar-refractivity contribution in [2.24, 2.45) is 0 Å². The van der Waals surface area contributed by atoms with Crippen LogP contribution in [0.5, 0.6) is 0 Å². The van der Waals surface area contributed by atoms with Crippen molar-refractivity contribution in [3.05, 3.63) is 89.0 Å². The first kappa shape index (κ1) is 20.5. The molecule has 0 radical (unpaired) electrons. The predicted molar refractivity (Wildman–Crippen MR) is 118 cm³/mol. The Labute approximate surface area is 185 Å². The van der Waals surface area contributed by atoms with E-state index in [1.165, 1.54) is 18.2 Å². The van der Waals surface area contributed by atoms with E-state index in [-0.39, 0.29) is 16.5 Å². The normalized spacial score (nSPS) is 11.2. The molecule has 0 spiro atoms. The maximum Gasteiger partial charge on any atom is 0.268 e. The Hall–Kier alpha value is -3.80. The number of nitrogens with zero attached hydrogens (tertiary/aromatic N) is 4. The Morgan fingerprint density at radius 2 is 1.87 bits per heavy atom. The van der Waals surface area contributed by atoms with Crippen molar-refractivity contribution in [3.63, 3.8) is 0 Å². The molecule has 6 nitrogen and oxygen atoms in total. The van der Waals surface area contributed by atoms with E-state index >= 15 is 0 Å². The molecule has 0 saturated heterocycles. The van der Waals surface area contributed by atoms with Crippen molar-refractivity contribution < 1.29 is 9.18 Å². The number of anilines is 1. The highest BCUT2D eigenvalue weighted by Crippen LogP contribution is 2.27.